The van der Waals surface area contributed by atoms with Gasteiger partial charge in [-0.3, -0.25) is 25.0 Å². The zero-order valence-electron chi connectivity index (χ0n) is 21.6. The van der Waals surface area contributed by atoms with E-state index in [0.29, 0.717) is 10.6 Å². The smallest absolute Gasteiger partial charge is 0.392 e. The number of nitrogens with zero attached hydrogens (tertiary/aromatic N) is 5. The van der Waals surface area contributed by atoms with Crippen molar-refractivity contribution in [3.05, 3.63) is 28.4 Å². The molecule has 0 spiro atoms. The molecule has 0 bridgehead atoms. The number of carbonyl (C=O) groups is 4. The number of nitrogens with two attached hydrogens (primary N) is 3. The first-order valence-electron chi connectivity index (χ1n) is 11.8. The van der Waals surface area contributed by atoms with Gasteiger partial charge in [0, 0.05) is 23.0 Å². The van der Waals surface area contributed by atoms with Gasteiger partial charge in [0.15, 0.2) is 10.8 Å². The second-order valence-corrected chi connectivity index (χ2v) is 11.8. The maximum atomic E-state index is 13.2. The molecule has 8 N–H and O–H groups in total. The predicted octanol–water partition coefficient (Wildman–Crippen LogP) is -2.11. The number of nitrogens with one attached hydrogen (secondary N) is 1. The van der Waals surface area contributed by atoms with Gasteiger partial charge in [0.05, 0.1) is 25.1 Å². The molecule has 1 saturated heterocycles. The molecule has 2 amide bonds. The number of hydrogen-bond donors (Lipinski definition) is 5. The number of carbonyl (C=O) groups excluding carboxylic acids is 3. The Morgan fingerprint density at radius 1 is 1.37 bits per heavy atom. The van der Waals surface area contributed by atoms with Crippen LogP contribution >= 0.6 is 34.9 Å². The van der Waals surface area contributed by atoms with Crippen molar-refractivity contribution in [3.63, 3.8) is 0 Å². The molecule has 1 unspecified atom stereocenters. The number of rotatable bonds is 11. The number of nitrogen functional groups attached to an aromatic ring is 3. The quantitative estimate of drug-likeness (QED) is 0.0448. The van der Waals surface area contributed by atoms with Crippen LogP contribution in [0.1, 0.15) is 19.0 Å². The van der Waals surface area contributed by atoms with Crippen molar-refractivity contribution < 1.29 is 38.8 Å². The maximum absolute atomic E-state index is 13.2. The third kappa shape index (κ3) is 6.46. The lowest BCUT2D eigenvalue weighted by Gasteiger charge is -2.50. The van der Waals surface area contributed by atoms with Crippen LogP contribution in [-0.2, 0) is 31.1 Å². The van der Waals surface area contributed by atoms with Crippen LogP contribution in [0.15, 0.2) is 32.9 Å². The van der Waals surface area contributed by atoms with Crippen molar-refractivity contribution in [2.45, 2.75) is 35.9 Å². The van der Waals surface area contributed by atoms with Crippen LogP contribution in [0.3, 0.4) is 0 Å². The van der Waals surface area contributed by atoms with E-state index < -0.39 is 41.3 Å². The van der Waals surface area contributed by atoms with Gasteiger partial charge in [-0.1, -0.05) is 21.9 Å². The Morgan fingerprint density at radius 2 is 2.10 bits per heavy atom. The molecule has 0 radical (unpaired) electrons. The van der Waals surface area contributed by atoms with E-state index >= 15 is 0 Å². The Labute approximate surface area is 245 Å². The zero-order chi connectivity index (χ0) is 30.0. The summed E-state index contributed by atoms with van der Waals surface area (Å²) >= 11 is 3.58. The van der Waals surface area contributed by atoms with Crippen LogP contribution in [0.25, 0.3) is 0 Å². The number of thioether (sulfide) groups is 2. The molecular formula is C22H25N9O7S3. The summed E-state index contributed by atoms with van der Waals surface area (Å²) in [4.78, 5) is 63.6. The second-order valence-electron chi connectivity index (χ2n) is 8.85. The summed E-state index contributed by atoms with van der Waals surface area (Å²) in [7, 11) is 1.69. The zero-order valence-corrected chi connectivity index (χ0v) is 24.0. The molecule has 19 heteroatoms. The molecule has 2 aliphatic heterocycles. The molecule has 0 aromatic carbocycles. The van der Waals surface area contributed by atoms with E-state index in [9.17, 15) is 24.3 Å². The molecule has 4 heterocycles. The summed E-state index contributed by atoms with van der Waals surface area (Å²) in [6, 6.07) is 0.520. The van der Waals surface area contributed by atoms with Crippen LogP contribution in [-0.4, -0.2) is 78.5 Å². The van der Waals surface area contributed by atoms with Crippen LogP contribution in [0, 0.1) is 0 Å². The van der Waals surface area contributed by atoms with Gasteiger partial charge >= 0.3 is 11.9 Å². The highest BCUT2D eigenvalue weighted by molar-refractivity contribution is 8.01. The van der Waals surface area contributed by atoms with Gasteiger partial charge in [0.2, 0.25) is 5.82 Å². The standard InChI is InChI=1S/C22H25N9O7S3/c1-8(3-13(32)33)38-29-14(10-7-41-22(25)26-10)17(34)28-15-18(35)31-16(20(36)37)9(6-40-19(15)31)5-39-12-4-11(23)27-21(24)30(12)2/h4,7-8,15,19H,3,5-6H2,1-2H3,(H8,23,24,25,26,27,28,32,33,34,36,37)/b29-14-/t8?,15-,19-/m1/s1. The first-order chi connectivity index (χ1) is 19.4. The topological polar surface area (TPSA) is 256 Å². The SMILES string of the molecule is CC(CC(=O)O)O/N=C(\C(=O)N[C@@H]1C(=O)N2C(C(=O)[O-])=C(CSc3cc(N)nc(N)[n+]3C)CS[C@H]12)c1csc(N)n1. The first-order valence-corrected chi connectivity index (χ1v) is 14.7. The van der Waals surface area contributed by atoms with Gasteiger partial charge in [-0.15, -0.1) is 23.1 Å². The Bertz CT molecular complexity index is 1480. The Kier molecular flexibility index (Phi) is 8.88. The van der Waals surface area contributed by atoms with E-state index in [4.69, 9.17) is 27.1 Å². The summed E-state index contributed by atoms with van der Waals surface area (Å²) in [5.74, 6) is -3.30. The number of carboxylic acid groups (broad SMARTS) is 2. The highest BCUT2D eigenvalue weighted by Gasteiger charge is 2.53. The lowest BCUT2D eigenvalue weighted by molar-refractivity contribution is -0.696. The van der Waals surface area contributed by atoms with E-state index in [1.165, 1.54) is 35.8 Å². The lowest BCUT2D eigenvalue weighted by atomic mass is 10.0. The summed E-state index contributed by atoms with van der Waals surface area (Å²) < 4.78 is 1.60. The Balaban J connectivity index is 1.51. The fourth-order valence-corrected chi connectivity index (χ4v) is 6.97. The number of amides is 2. The largest absolute Gasteiger partial charge is 0.543 e. The van der Waals surface area contributed by atoms with Gasteiger partial charge in [0.1, 0.15) is 28.2 Å². The van der Waals surface area contributed by atoms with Crippen LogP contribution in [0.5, 0.6) is 0 Å². The molecule has 41 heavy (non-hydrogen) atoms. The monoisotopic (exact) mass is 623 g/mol. The molecule has 2 aromatic rings. The van der Waals surface area contributed by atoms with Gasteiger partial charge in [-0.2, -0.15) is 0 Å². The van der Waals surface area contributed by atoms with E-state index in [2.05, 4.69) is 20.4 Å². The number of fused-ring (bicyclic) bond motifs is 1. The van der Waals surface area contributed by atoms with Crippen molar-refractivity contribution in [1.29, 1.82) is 0 Å². The van der Waals surface area contributed by atoms with Gasteiger partial charge in [0.25, 0.3) is 11.8 Å². The van der Waals surface area contributed by atoms with Crippen molar-refractivity contribution >= 4 is 81.2 Å². The highest BCUT2D eigenvalue weighted by Crippen LogP contribution is 2.41. The average Bonchev–Trinajstić information content (AvgIpc) is 3.33. The van der Waals surface area contributed by atoms with Crippen molar-refractivity contribution in [3.8, 4) is 0 Å². The summed E-state index contributed by atoms with van der Waals surface area (Å²) in [5, 5.41) is 28.9. The highest BCUT2D eigenvalue weighted by atomic mass is 32.2. The third-order valence-electron chi connectivity index (χ3n) is 5.88. The van der Waals surface area contributed by atoms with Crippen molar-refractivity contribution in [1.82, 2.24) is 20.2 Å². The van der Waals surface area contributed by atoms with Crippen molar-refractivity contribution in [2.75, 3.05) is 28.7 Å². The first kappa shape index (κ1) is 29.9. The number of oxime groups is 1. The number of thiazole rings is 1. The second kappa shape index (κ2) is 12.2. The third-order valence-corrected chi connectivity index (χ3v) is 9.07. The average molecular weight is 624 g/mol. The van der Waals surface area contributed by atoms with E-state index in [-0.39, 0.29) is 51.9 Å². The summed E-state index contributed by atoms with van der Waals surface area (Å²) in [6.07, 6.45) is -1.23. The molecule has 16 nitrogen and oxygen atoms in total. The van der Waals surface area contributed by atoms with Gasteiger partial charge < -0.3 is 36.6 Å². The Hall–Kier alpha value is -4.10. The van der Waals surface area contributed by atoms with Gasteiger partial charge in [-0.25, -0.2) is 9.55 Å². The predicted molar refractivity (Wildman–Crippen MR) is 148 cm³/mol. The molecule has 0 aliphatic carbocycles. The van der Waals surface area contributed by atoms with Crippen LogP contribution < -0.4 is 32.2 Å². The van der Waals surface area contributed by atoms with E-state index in [0.717, 1.165) is 16.2 Å². The number of hydrogen-bond acceptors (Lipinski definition) is 15. The molecule has 218 valence electrons. The molecular weight excluding hydrogens is 598 g/mol. The molecule has 0 saturated carbocycles. The molecule has 4 rings (SSSR count). The van der Waals surface area contributed by atoms with E-state index in [1.807, 2.05) is 0 Å². The minimum atomic E-state index is -1.52. The molecule has 3 atom stereocenters. The lowest BCUT2D eigenvalue weighted by Crippen LogP contribution is -2.71. The van der Waals surface area contributed by atoms with Crippen molar-refractivity contribution in [2.24, 2.45) is 12.2 Å². The number of carboxylic acids is 2. The van der Waals surface area contributed by atoms with Crippen LogP contribution in [0.2, 0.25) is 0 Å². The van der Waals surface area contributed by atoms with E-state index in [1.54, 1.807) is 17.7 Å². The fourth-order valence-electron chi connectivity index (χ4n) is 3.89. The molecule has 2 aromatic heterocycles. The maximum Gasteiger partial charge on any atom is 0.392 e. The minimum Gasteiger partial charge on any atom is -0.543 e. The molecule has 1 fully saturated rings. The normalized spacial score (nSPS) is 19.3. The molecule has 2 aliphatic rings. The summed E-state index contributed by atoms with van der Waals surface area (Å²) in [5.41, 5.74) is 17.2. The number of anilines is 3. The number of β-lactam (4-membered cyclic amide) rings is 1. The Morgan fingerprint density at radius 3 is 2.73 bits per heavy atom. The minimum absolute atomic E-state index is 0.0626. The van der Waals surface area contributed by atoms with Gasteiger partial charge in [-0.05, 0) is 12.5 Å². The van der Waals surface area contributed by atoms with Crippen LogP contribution in [0.4, 0.5) is 16.9 Å². The fraction of sp³-hybridized carbons (Fsp3) is 0.364. The summed E-state index contributed by atoms with van der Waals surface area (Å²) in [6.45, 7) is 1.46. The number of aliphatic carboxylic acids is 2. The number of aromatic nitrogens is 3.